The molecule has 0 aromatic heterocycles. The number of rotatable bonds is 5. The third kappa shape index (κ3) is 4.73. The summed E-state index contributed by atoms with van der Waals surface area (Å²) >= 11 is 0. The lowest BCUT2D eigenvalue weighted by atomic mass is 9.82. The molecular formula is C38H35N. The van der Waals surface area contributed by atoms with Gasteiger partial charge in [-0.15, -0.1) is 13.2 Å². The first-order chi connectivity index (χ1) is 18.9. The van der Waals surface area contributed by atoms with E-state index >= 15 is 0 Å². The van der Waals surface area contributed by atoms with Gasteiger partial charge in [-0.05, 0) is 82.3 Å². The van der Waals surface area contributed by atoms with Crippen molar-refractivity contribution in [3.05, 3.63) is 158 Å². The van der Waals surface area contributed by atoms with E-state index in [4.69, 9.17) is 0 Å². The Morgan fingerprint density at radius 2 is 1.08 bits per heavy atom. The zero-order valence-electron chi connectivity index (χ0n) is 23.1. The predicted octanol–water partition coefficient (Wildman–Crippen LogP) is 11.0. The highest BCUT2D eigenvalue weighted by atomic mass is 15.1. The molecule has 5 aromatic carbocycles. The molecule has 0 unspecified atom stereocenters. The summed E-state index contributed by atoms with van der Waals surface area (Å²) in [6.07, 6.45) is 0. The number of benzene rings is 5. The van der Waals surface area contributed by atoms with Crippen molar-refractivity contribution in [1.82, 2.24) is 0 Å². The van der Waals surface area contributed by atoms with Crippen LogP contribution in [0.4, 0.5) is 17.1 Å². The van der Waals surface area contributed by atoms with E-state index < -0.39 is 0 Å². The molecular weight excluding hydrogens is 470 g/mol. The monoisotopic (exact) mass is 505 g/mol. The van der Waals surface area contributed by atoms with Gasteiger partial charge in [0.25, 0.3) is 0 Å². The lowest BCUT2D eigenvalue weighted by molar-refractivity contribution is 0.660. The summed E-state index contributed by atoms with van der Waals surface area (Å²) in [4.78, 5) is 2.36. The fourth-order valence-corrected chi connectivity index (χ4v) is 5.61. The van der Waals surface area contributed by atoms with Gasteiger partial charge >= 0.3 is 0 Å². The quantitative estimate of drug-likeness (QED) is 0.215. The Morgan fingerprint density at radius 3 is 1.72 bits per heavy atom. The maximum atomic E-state index is 4.12. The number of allylic oxidation sites excluding steroid dienone is 1. The van der Waals surface area contributed by atoms with Gasteiger partial charge in [0.05, 0.1) is 0 Å². The number of hydrogen-bond donors (Lipinski definition) is 0. The van der Waals surface area contributed by atoms with Crippen LogP contribution in [0.1, 0.15) is 37.5 Å². The van der Waals surface area contributed by atoms with E-state index in [1.54, 1.807) is 0 Å². The van der Waals surface area contributed by atoms with Crippen molar-refractivity contribution in [2.75, 3.05) is 4.90 Å². The van der Waals surface area contributed by atoms with Crippen LogP contribution in [0.25, 0.3) is 27.8 Å². The van der Waals surface area contributed by atoms with Crippen molar-refractivity contribution in [1.29, 1.82) is 0 Å². The van der Waals surface area contributed by atoms with Crippen molar-refractivity contribution in [3.8, 4) is 22.3 Å². The van der Waals surface area contributed by atoms with Gasteiger partial charge in [-0.3, -0.25) is 0 Å². The molecule has 39 heavy (non-hydrogen) atoms. The third-order valence-corrected chi connectivity index (χ3v) is 7.68. The molecule has 0 spiro atoms. The summed E-state index contributed by atoms with van der Waals surface area (Å²) in [7, 11) is 0. The lowest BCUT2D eigenvalue weighted by Crippen LogP contribution is -2.16. The van der Waals surface area contributed by atoms with Gasteiger partial charge in [0.1, 0.15) is 0 Å². The van der Waals surface area contributed by atoms with Crippen molar-refractivity contribution >= 4 is 22.6 Å². The standard InChI is InChI=1S/C36H31N.C2H4/c1-25(2)26-14-18-29(19-15-26)37(30-20-16-28(17-21-30)27-10-6-5-7-11-27)31-22-23-33-32-12-8-9-13-34(32)36(3,4)35(33)24-31;1-2/h5-24H,1H2,2-4H3;1-2H2. The van der Waals surface area contributed by atoms with E-state index in [1.807, 2.05) is 0 Å². The summed E-state index contributed by atoms with van der Waals surface area (Å²) in [6, 6.07) is 43.9. The van der Waals surface area contributed by atoms with Gasteiger partial charge in [0, 0.05) is 22.5 Å². The van der Waals surface area contributed by atoms with Gasteiger partial charge in [0.15, 0.2) is 0 Å². The first-order valence-electron chi connectivity index (χ1n) is 13.4. The average Bonchev–Trinajstić information content (AvgIpc) is 3.21. The molecule has 0 heterocycles. The molecule has 0 amide bonds. The van der Waals surface area contributed by atoms with E-state index in [2.05, 4.69) is 167 Å². The highest BCUT2D eigenvalue weighted by Gasteiger charge is 2.35. The SMILES string of the molecule is C=C.C=C(C)c1ccc(N(c2ccc(-c3ccccc3)cc2)c2ccc3c(c2)C(C)(C)c2ccccc2-3)cc1. The smallest absolute Gasteiger partial charge is 0.0465 e. The van der Waals surface area contributed by atoms with Crippen LogP contribution in [0.5, 0.6) is 0 Å². The second kappa shape index (κ2) is 10.6. The molecule has 1 aliphatic carbocycles. The van der Waals surface area contributed by atoms with E-state index in [0.29, 0.717) is 0 Å². The molecule has 192 valence electrons. The van der Waals surface area contributed by atoms with Crippen LogP contribution in [0.2, 0.25) is 0 Å². The Bertz CT molecular complexity index is 1610. The molecule has 0 fully saturated rings. The van der Waals surface area contributed by atoms with Gasteiger partial charge in [-0.2, -0.15) is 0 Å². The Morgan fingerprint density at radius 1 is 0.564 bits per heavy atom. The number of fused-ring (bicyclic) bond motifs is 3. The number of anilines is 3. The maximum Gasteiger partial charge on any atom is 0.0465 e. The molecule has 0 bridgehead atoms. The van der Waals surface area contributed by atoms with E-state index in [9.17, 15) is 0 Å². The van der Waals surface area contributed by atoms with Gasteiger partial charge in [-0.1, -0.05) is 111 Å². The summed E-state index contributed by atoms with van der Waals surface area (Å²) in [5.74, 6) is 0. The molecule has 0 atom stereocenters. The Balaban J connectivity index is 0.00000151. The lowest BCUT2D eigenvalue weighted by Gasteiger charge is -2.28. The topological polar surface area (TPSA) is 3.24 Å². The van der Waals surface area contributed by atoms with Crippen LogP contribution in [-0.4, -0.2) is 0 Å². The second-order valence-electron chi connectivity index (χ2n) is 10.5. The van der Waals surface area contributed by atoms with Gasteiger partial charge in [0.2, 0.25) is 0 Å². The predicted molar refractivity (Wildman–Crippen MR) is 170 cm³/mol. The van der Waals surface area contributed by atoms with Crippen LogP contribution >= 0.6 is 0 Å². The molecule has 1 aliphatic rings. The van der Waals surface area contributed by atoms with Crippen molar-refractivity contribution < 1.29 is 0 Å². The minimum atomic E-state index is -0.0470. The number of nitrogens with zero attached hydrogens (tertiary/aromatic N) is 1. The Hall–Kier alpha value is -4.62. The van der Waals surface area contributed by atoms with Gasteiger partial charge in [-0.25, -0.2) is 0 Å². The summed E-state index contributed by atoms with van der Waals surface area (Å²) in [6.45, 7) is 16.8. The molecule has 0 saturated carbocycles. The Labute approximate surface area is 233 Å². The maximum absolute atomic E-state index is 4.12. The summed E-state index contributed by atoms with van der Waals surface area (Å²) < 4.78 is 0. The molecule has 6 rings (SSSR count). The molecule has 1 heteroatoms. The van der Waals surface area contributed by atoms with Gasteiger partial charge < -0.3 is 4.90 Å². The van der Waals surface area contributed by atoms with Crippen LogP contribution in [-0.2, 0) is 5.41 Å². The van der Waals surface area contributed by atoms with Crippen molar-refractivity contribution in [2.24, 2.45) is 0 Å². The van der Waals surface area contributed by atoms with Crippen molar-refractivity contribution in [3.63, 3.8) is 0 Å². The molecule has 1 nitrogen and oxygen atoms in total. The van der Waals surface area contributed by atoms with Crippen LogP contribution < -0.4 is 4.90 Å². The van der Waals surface area contributed by atoms with E-state index in [0.717, 1.165) is 28.2 Å². The highest BCUT2D eigenvalue weighted by Crippen LogP contribution is 2.50. The second-order valence-corrected chi connectivity index (χ2v) is 10.5. The molecule has 0 saturated heterocycles. The zero-order valence-corrected chi connectivity index (χ0v) is 23.1. The first-order valence-corrected chi connectivity index (χ1v) is 13.4. The summed E-state index contributed by atoms with van der Waals surface area (Å²) in [5.41, 5.74) is 13.5. The Kier molecular flexibility index (Phi) is 7.09. The minimum absolute atomic E-state index is 0.0470. The van der Waals surface area contributed by atoms with E-state index in [-0.39, 0.29) is 5.41 Å². The molecule has 5 aromatic rings. The normalized spacial score (nSPS) is 12.5. The largest absolute Gasteiger partial charge is 0.310 e. The fraction of sp³-hybridized carbons (Fsp3) is 0.105. The van der Waals surface area contributed by atoms with Crippen LogP contribution in [0.15, 0.2) is 141 Å². The van der Waals surface area contributed by atoms with E-state index in [1.165, 1.54) is 33.4 Å². The highest BCUT2D eigenvalue weighted by molar-refractivity contribution is 5.86. The fourth-order valence-electron chi connectivity index (χ4n) is 5.61. The molecule has 0 radical (unpaired) electrons. The molecule has 0 N–H and O–H groups in total. The zero-order chi connectivity index (χ0) is 27.6. The van der Waals surface area contributed by atoms with Crippen molar-refractivity contribution in [2.45, 2.75) is 26.2 Å². The minimum Gasteiger partial charge on any atom is -0.310 e. The molecule has 0 aliphatic heterocycles. The van der Waals surface area contributed by atoms with Crippen LogP contribution in [0, 0.1) is 0 Å². The third-order valence-electron chi connectivity index (χ3n) is 7.68. The average molecular weight is 506 g/mol. The summed E-state index contributed by atoms with van der Waals surface area (Å²) in [5, 5.41) is 0. The van der Waals surface area contributed by atoms with Crippen LogP contribution in [0.3, 0.4) is 0 Å². The number of hydrogen-bond acceptors (Lipinski definition) is 1. The first kappa shape index (κ1) is 26.0.